The molecule has 1 aliphatic rings. The van der Waals surface area contributed by atoms with Crippen LogP contribution in [0.5, 0.6) is 0 Å². The second-order valence-electron chi connectivity index (χ2n) is 4.99. The summed E-state index contributed by atoms with van der Waals surface area (Å²) < 4.78 is 6.57. The van der Waals surface area contributed by atoms with Crippen LogP contribution in [0, 0.1) is 0 Å². The number of aromatic nitrogens is 1. The van der Waals surface area contributed by atoms with Crippen LogP contribution in [0.1, 0.15) is 6.23 Å². The van der Waals surface area contributed by atoms with Gasteiger partial charge < -0.3 is 20.1 Å². The first-order chi connectivity index (χ1) is 10.0. The second-order valence-corrected chi connectivity index (χ2v) is 5.43. The summed E-state index contributed by atoms with van der Waals surface area (Å²) in [6, 6.07) is 6.54. The molecule has 0 amide bonds. The maximum absolute atomic E-state index is 12.5. The van der Waals surface area contributed by atoms with Crippen molar-refractivity contribution in [1.29, 1.82) is 0 Å². The fraction of sp³-hybridized carbons (Fsp3) is 0.357. The van der Waals surface area contributed by atoms with Crippen molar-refractivity contribution in [3.05, 3.63) is 45.8 Å². The minimum Gasteiger partial charge on any atom is -0.394 e. The molecule has 6 nitrogen and oxygen atoms in total. The van der Waals surface area contributed by atoms with Gasteiger partial charge in [-0.3, -0.25) is 9.36 Å². The van der Waals surface area contributed by atoms with E-state index in [4.69, 9.17) is 21.4 Å². The third-order valence-electron chi connectivity index (χ3n) is 3.68. The molecule has 0 saturated carbocycles. The van der Waals surface area contributed by atoms with Crippen molar-refractivity contribution >= 4 is 22.4 Å². The molecule has 1 fully saturated rings. The number of halogens is 1. The highest BCUT2D eigenvalue weighted by molar-refractivity contribution is 6.31. The first kappa shape index (κ1) is 14.5. The fourth-order valence-electron chi connectivity index (χ4n) is 2.54. The summed E-state index contributed by atoms with van der Waals surface area (Å²) in [6.07, 6.45) is -3.01. The lowest BCUT2D eigenvalue weighted by atomic mass is 10.1. The Morgan fingerprint density at radius 1 is 1.24 bits per heavy atom. The predicted octanol–water partition coefficient (Wildman–Crippen LogP) is 0.266. The van der Waals surface area contributed by atoms with Gasteiger partial charge in [-0.05, 0) is 29.7 Å². The van der Waals surface area contributed by atoms with Crippen molar-refractivity contribution in [2.75, 3.05) is 6.61 Å². The molecule has 0 aliphatic carbocycles. The van der Waals surface area contributed by atoms with Crippen LogP contribution in [-0.4, -0.2) is 44.8 Å². The SMILES string of the molecule is O=c1c2ccc(Cl)cc2ccn1[C@@H]1O[C@H](CO)[C@@H](O)[C@H]1O. The number of aliphatic hydroxyl groups is 3. The van der Waals surface area contributed by atoms with Crippen LogP contribution in [-0.2, 0) is 4.74 Å². The molecule has 1 saturated heterocycles. The van der Waals surface area contributed by atoms with E-state index in [1.165, 1.54) is 10.8 Å². The highest BCUT2D eigenvalue weighted by atomic mass is 35.5. The molecular formula is C14H14ClNO5. The molecule has 0 bridgehead atoms. The van der Waals surface area contributed by atoms with Crippen LogP contribution in [0.25, 0.3) is 10.8 Å². The standard InChI is InChI=1S/C14H14ClNO5/c15-8-1-2-9-7(5-8)3-4-16(13(9)20)14-12(19)11(18)10(6-17)21-14/h1-5,10-12,14,17-19H,6H2/t10-,11-,12-,14-/m1/s1. The smallest absolute Gasteiger partial charge is 0.260 e. The van der Waals surface area contributed by atoms with E-state index in [-0.39, 0.29) is 5.56 Å². The number of fused-ring (bicyclic) bond motifs is 1. The van der Waals surface area contributed by atoms with Gasteiger partial charge in [-0.15, -0.1) is 0 Å². The fourth-order valence-corrected chi connectivity index (χ4v) is 2.72. The Bertz CT molecular complexity index is 731. The van der Waals surface area contributed by atoms with E-state index in [9.17, 15) is 15.0 Å². The van der Waals surface area contributed by atoms with Gasteiger partial charge in [-0.1, -0.05) is 11.6 Å². The van der Waals surface area contributed by atoms with E-state index in [1.54, 1.807) is 24.3 Å². The lowest BCUT2D eigenvalue weighted by Gasteiger charge is -2.18. The van der Waals surface area contributed by atoms with Gasteiger partial charge in [-0.25, -0.2) is 0 Å². The number of aliphatic hydroxyl groups excluding tert-OH is 3. The second kappa shape index (κ2) is 5.40. The van der Waals surface area contributed by atoms with Crippen LogP contribution in [0.4, 0.5) is 0 Å². The van der Waals surface area contributed by atoms with Crippen LogP contribution in [0.2, 0.25) is 5.02 Å². The van der Waals surface area contributed by atoms with E-state index in [0.29, 0.717) is 15.8 Å². The van der Waals surface area contributed by atoms with Crippen LogP contribution >= 0.6 is 11.6 Å². The topological polar surface area (TPSA) is 91.9 Å². The molecule has 4 atom stereocenters. The van der Waals surface area contributed by atoms with Gasteiger partial charge in [-0.2, -0.15) is 0 Å². The summed E-state index contributed by atoms with van der Waals surface area (Å²) in [5.41, 5.74) is -0.362. The first-order valence-electron chi connectivity index (χ1n) is 6.46. The number of benzene rings is 1. The normalized spacial score (nSPS) is 29.1. The quantitative estimate of drug-likeness (QED) is 0.740. The van der Waals surface area contributed by atoms with Crippen LogP contribution in [0.15, 0.2) is 35.3 Å². The largest absolute Gasteiger partial charge is 0.394 e. The molecule has 3 rings (SSSR count). The molecule has 21 heavy (non-hydrogen) atoms. The van der Waals surface area contributed by atoms with Gasteiger partial charge >= 0.3 is 0 Å². The maximum atomic E-state index is 12.5. The first-order valence-corrected chi connectivity index (χ1v) is 6.83. The minimum absolute atomic E-state index is 0.362. The molecule has 112 valence electrons. The molecule has 3 N–H and O–H groups in total. The number of ether oxygens (including phenoxy) is 1. The molecule has 2 heterocycles. The zero-order chi connectivity index (χ0) is 15.1. The summed E-state index contributed by atoms with van der Waals surface area (Å²) >= 11 is 5.88. The molecule has 1 aromatic carbocycles. The summed E-state index contributed by atoms with van der Waals surface area (Å²) in [7, 11) is 0. The number of hydrogen-bond acceptors (Lipinski definition) is 5. The van der Waals surface area contributed by atoms with Crippen molar-refractivity contribution in [1.82, 2.24) is 4.57 Å². The van der Waals surface area contributed by atoms with E-state index in [1.807, 2.05) is 0 Å². The van der Waals surface area contributed by atoms with Crippen LogP contribution in [0.3, 0.4) is 0 Å². The molecule has 0 radical (unpaired) electrons. The van der Waals surface area contributed by atoms with Crippen molar-refractivity contribution in [2.24, 2.45) is 0 Å². The molecule has 1 aliphatic heterocycles. The average Bonchev–Trinajstić information content (AvgIpc) is 2.75. The Labute approximate surface area is 124 Å². The van der Waals surface area contributed by atoms with Gasteiger partial charge in [0, 0.05) is 16.6 Å². The van der Waals surface area contributed by atoms with Crippen molar-refractivity contribution in [3.8, 4) is 0 Å². The Morgan fingerprint density at radius 3 is 2.67 bits per heavy atom. The lowest BCUT2D eigenvalue weighted by molar-refractivity contribution is -0.0541. The monoisotopic (exact) mass is 311 g/mol. The number of pyridine rings is 1. The third-order valence-corrected chi connectivity index (χ3v) is 3.92. The average molecular weight is 312 g/mol. The number of nitrogens with zero attached hydrogens (tertiary/aromatic N) is 1. The number of rotatable bonds is 2. The zero-order valence-electron chi connectivity index (χ0n) is 10.9. The van der Waals surface area contributed by atoms with Gasteiger partial charge in [0.2, 0.25) is 0 Å². The molecule has 7 heteroatoms. The summed E-state index contributed by atoms with van der Waals surface area (Å²) in [5, 5.41) is 30.5. The Hall–Kier alpha value is -1.44. The van der Waals surface area contributed by atoms with Gasteiger partial charge in [0.15, 0.2) is 6.23 Å². The molecule has 2 aromatic rings. The summed E-state index contributed by atoms with van der Waals surface area (Å²) in [4.78, 5) is 12.5. The zero-order valence-corrected chi connectivity index (χ0v) is 11.6. The molecule has 0 unspecified atom stereocenters. The van der Waals surface area contributed by atoms with Crippen molar-refractivity contribution in [3.63, 3.8) is 0 Å². The van der Waals surface area contributed by atoms with E-state index in [2.05, 4.69) is 0 Å². The minimum atomic E-state index is -1.29. The Balaban J connectivity index is 2.08. The van der Waals surface area contributed by atoms with Gasteiger partial charge in [0.1, 0.15) is 18.3 Å². The number of hydrogen-bond donors (Lipinski definition) is 3. The highest BCUT2D eigenvalue weighted by Gasteiger charge is 2.43. The van der Waals surface area contributed by atoms with Crippen molar-refractivity contribution < 1.29 is 20.1 Å². The molecule has 0 spiro atoms. The highest BCUT2D eigenvalue weighted by Crippen LogP contribution is 2.28. The van der Waals surface area contributed by atoms with Crippen molar-refractivity contribution in [2.45, 2.75) is 24.5 Å². The van der Waals surface area contributed by atoms with E-state index < -0.39 is 31.1 Å². The van der Waals surface area contributed by atoms with Gasteiger partial charge in [0.05, 0.1) is 6.61 Å². The molecular weight excluding hydrogens is 298 g/mol. The maximum Gasteiger partial charge on any atom is 0.260 e. The van der Waals surface area contributed by atoms with Gasteiger partial charge in [0.25, 0.3) is 5.56 Å². The van der Waals surface area contributed by atoms with E-state index in [0.717, 1.165) is 0 Å². The lowest BCUT2D eigenvalue weighted by Crippen LogP contribution is -2.35. The summed E-state index contributed by atoms with van der Waals surface area (Å²) in [5.74, 6) is 0. The van der Waals surface area contributed by atoms with Crippen LogP contribution < -0.4 is 5.56 Å². The Morgan fingerprint density at radius 2 is 2.00 bits per heavy atom. The Kier molecular flexibility index (Phi) is 3.73. The third kappa shape index (κ3) is 2.35. The van der Waals surface area contributed by atoms with E-state index >= 15 is 0 Å². The molecule has 1 aromatic heterocycles. The predicted molar refractivity (Wildman–Crippen MR) is 76.2 cm³/mol. The summed E-state index contributed by atoms with van der Waals surface area (Å²) in [6.45, 7) is -0.438.